The van der Waals surface area contributed by atoms with E-state index in [1.807, 2.05) is 12.2 Å². The van der Waals surface area contributed by atoms with Gasteiger partial charge >= 0.3 is 0 Å². The summed E-state index contributed by atoms with van der Waals surface area (Å²) in [6.45, 7) is 3.86. The van der Waals surface area contributed by atoms with Gasteiger partial charge in [-0.1, -0.05) is 24.8 Å². The molecule has 0 N–H and O–H groups in total. The first kappa shape index (κ1) is 9.53. The zero-order chi connectivity index (χ0) is 8.97. The first-order valence-electron chi connectivity index (χ1n) is 3.87. The van der Waals surface area contributed by atoms with Gasteiger partial charge in [0, 0.05) is 3.58 Å². The monoisotopic (exact) mass is 271 g/mol. The van der Waals surface area contributed by atoms with Gasteiger partial charge < -0.3 is 0 Å². The molecule has 0 aliphatic heterocycles. The smallest absolute Gasteiger partial charge is 0.0697 e. The number of halogens is 1. The molecule has 12 heavy (non-hydrogen) atoms. The topological polar surface area (TPSA) is 23.8 Å². The van der Waals surface area contributed by atoms with Gasteiger partial charge in [0.25, 0.3) is 0 Å². The van der Waals surface area contributed by atoms with E-state index in [2.05, 4.69) is 41.3 Å². The predicted octanol–water partition coefficient (Wildman–Crippen LogP) is 3.35. The lowest BCUT2D eigenvalue weighted by Gasteiger charge is -1.94. The van der Waals surface area contributed by atoms with Crippen LogP contribution in [-0.2, 0) is 0 Å². The molecule has 0 radical (unpaired) electrons. The molecule has 0 aromatic heterocycles. The Bertz CT molecular complexity index is 281. The Labute approximate surface area is 86.6 Å². The summed E-state index contributed by atoms with van der Waals surface area (Å²) in [6.07, 6.45) is 8.00. The van der Waals surface area contributed by atoms with Crippen molar-refractivity contribution in [1.29, 1.82) is 5.26 Å². The van der Waals surface area contributed by atoms with E-state index in [1.165, 1.54) is 0 Å². The van der Waals surface area contributed by atoms with Crippen LogP contribution in [0.25, 0.3) is 0 Å². The number of rotatable bonds is 1. The van der Waals surface area contributed by atoms with Crippen LogP contribution in [0.3, 0.4) is 0 Å². The first-order chi connectivity index (χ1) is 5.74. The molecule has 1 rings (SSSR count). The fraction of sp³-hybridized carbons (Fsp3) is 0.300. The number of hydrogen-bond donors (Lipinski definition) is 0. The van der Waals surface area contributed by atoms with Crippen molar-refractivity contribution in [2.24, 2.45) is 5.92 Å². The van der Waals surface area contributed by atoms with Crippen LogP contribution in [-0.4, -0.2) is 0 Å². The van der Waals surface area contributed by atoms with Crippen molar-refractivity contribution >= 4 is 22.6 Å². The van der Waals surface area contributed by atoms with Crippen LogP contribution in [0.5, 0.6) is 0 Å². The molecule has 1 aliphatic carbocycles. The minimum Gasteiger partial charge on any atom is -0.198 e. The lowest BCUT2D eigenvalue weighted by Crippen LogP contribution is -1.88. The third-order valence-corrected chi connectivity index (χ3v) is 2.45. The van der Waals surface area contributed by atoms with E-state index in [0.29, 0.717) is 0 Å². The van der Waals surface area contributed by atoms with Gasteiger partial charge in [-0.3, -0.25) is 0 Å². The van der Waals surface area contributed by atoms with Gasteiger partial charge in [0.15, 0.2) is 0 Å². The van der Waals surface area contributed by atoms with Crippen molar-refractivity contribution in [2.75, 3.05) is 0 Å². The van der Waals surface area contributed by atoms with Gasteiger partial charge in [-0.15, -0.1) is 0 Å². The summed E-state index contributed by atoms with van der Waals surface area (Å²) in [5, 5.41) is 8.69. The molecule has 1 unspecified atom stereocenters. The first-order valence-corrected chi connectivity index (χ1v) is 4.94. The highest BCUT2D eigenvalue weighted by Gasteiger charge is 2.06. The molecule has 0 fully saturated rings. The minimum absolute atomic E-state index is 0.0782. The average Bonchev–Trinajstić information content (AvgIpc) is 2.28. The summed E-state index contributed by atoms with van der Waals surface area (Å²) >= 11 is 2.20. The second kappa shape index (κ2) is 4.46. The average molecular weight is 271 g/mol. The highest BCUT2D eigenvalue weighted by atomic mass is 127. The van der Waals surface area contributed by atoms with Gasteiger partial charge in [-0.2, -0.15) is 5.26 Å². The lowest BCUT2D eigenvalue weighted by atomic mass is 10.1. The molecule has 0 spiro atoms. The Morgan fingerprint density at radius 3 is 3.08 bits per heavy atom. The molecule has 0 bridgehead atoms. The molecule has 0 aromatic carbocycles. The second-order valence-electron chi connectivity index (χ2n) is 2.74. The number of nitriles is 1. The Morgan fingerprint density at radius 2 is 2.50 bits per heavy atom. The normalized spacial score (nSPS) is 22.3. The zero-order valence-corrected chi connectivity index (χ0v) is 8.91. The summed E-state index contributed by atoms with van der Waals surface area (Å²) in [5.74, 6) is 0.0782. The third kappa shape index (κ3) is 2.49. The largest absolute Gasteiger partial charge is 0.198 e. The number of allylic oxidation sites excluding steroid dienone is 5. The van der Waals surface area contributed by atoms with Crippen LogP contribution in [0.1, 0.15) is 12.8 Å². The SMILES string of the molecule is C=C(I)C1=CCCC(C#N)C=C1. The van der Waals surface area contributed by atoms with Crippen LogP contribution in [0, 0.1) is 17.2 Å². The van der Waals surface area contributed by atoms with E-state index in [9.17, 15) is 0 Å². The van der Waals surface area contributed by atoms with Gasteiger partial charge in [0.2, 0.25) is 0 Å². The summed E-state index contributed by atoms with van der Waals surface area (Å²) in [7, 11) is 0. The fourth-order valence-electron chi connectivity index (χ4n) is 1.11. The molecule has 1 atom stereocenters. The zero-order valence-electron chi connectivity index (χ0n) is 6.76. The molecular weight excluding hydrogens is 261 g/mol. The Morgan fingerprint density at radius 1 is 1.75 bits per heavy atom. The van der Waals surface area contributed by atoms with Crippen LogP contribution >= 0.6 is 22.6 Å². The second-order valence-corrected chi connectivity index (χ2v) is 4.04. The highest BCUT2D eigenvalue weighted by molar-refractivity contribution is 14.1. The maximum absolute atomic E-state index is 8.69. The van der Waals surface area contributed by atoms with Crippen molar-refractivity contribution in [2.45, 2.75) is 12.8 Å². The number of hydrogen-bond acceptors (Lipinski definition) is 1. The predicted molar refractivity (Wildman–Crippen MR) is 58.7 cm³/mol. The maximum atomic E-state index is 8.69. The Hall–Kier alpha value is -0.560. The minimum atomic E-state index is 0.0782. The highest BCUT2D eigenvalue weighted by Crippen LogP contribution is 2.23. The molecule has 0 saturated carbocycles. The Balaban J connectivity index is 2.75. The van der Waals surface area contributed by atoms with Crippen molar-refractivity contribution in [3.63, 3.8) is 0 Å². The summed E-state index contributed by atoms with van der Waals surface area (Å²) in [4.78, 5) is 0. The van der Waals surface area contributed by atoms with E-state index in [-0.39, 0.29) is 5.92 Å². The van der Waals surface area contributed by atoms with Gasteiger partial charge in [-0.25, -0.2) is 0 Å². The third-order valence-electron chi connectivity index (χ3n) is 1.83. The van der Waals surface area contributed by atoms with Gasteiger partial charge in [0.05, 0.1) is 12.0 Å². The van der Waals surface area contributed by atoms with Crippen LogP contribution < -0.4 is 0 Å². The maximum Gasteiger partial charge on any atom is 0.0697 e. The fourth-order valence-corrected chi connectivity index (χ4v) is 1.51. The standard InChI is InChI=1S/C10H10IN/c1-8(11)10-4-2-3-9(7-12)5-6-10/h4-6,9H,1-3H2. The van der Waals surface area contributed by atoms with Gasteiger partial charge in [-0.05, 0) is 41.0 Å². The summed E-state index contributed by atoms with van der Waals surface area (Å²) in [6, 6.07) is 2.25. The van der Waals surface area contributed by atoms with E-state index in [4.69, 9.17) is 5.26 Å². The van der Waals surface area contributed by atoms with Crippen LogP contribution in [0.15, 0.2) is 34.0 Å². The van der Waals surface area contributed by atoms with Crippen molar-refractivity contribution in [3.8, 4) is 6.07 Å². The quantitative estimate of drug-likeness (QED) is 0.671. The van der Waals surface area contributed by atoms with Crippen molar-refractivity contribution < 1.29 is 0 Å². The summed E-state index contributed by atoms with van der Waals surface area (Å²) in [5.41, 5.74) is 1.16. The lowest BCUT2D eigenvalue weighted by molar-refractivity contribution is 0.739. The van der Waals surface area contributed by atoms with E-state index < -0.39 is 0 Å². The molecule has 0 heterocycles. The summed E-state index contributed by atoms with van der Waals surface area (Å²) < 4.78 is 1.04. The Kier molecular flexibility index (Phi) is 3.54. The van der Waals surface area contributed by atoms with E-state index in [0.717, 1.165) is 22.0 Å². The van der Waals surface area contributed by atoms with E-state index in [1.54, 1.807) is 0 Å². The molecular formula is C10H10IN. The molecule has 1 nitrogen and oxygen atoms in total. The molecule has 0 amide bonds. The molecule has 1 aliphatic rings. The molecule has 62 valence electrons. The van der Waals surface area contributed by atoms with Crippen molar-refractivity contribution in [3.05, 3.63) is 34.0 Å². The number of nitrogens with zero attached hydrogens (tertiary/aromatic N) is 1. The van der Waals surface area contributed by atoms with Crippen LogP contribution in [0.4, 0.5) is 0 Å². The molecule has 0 aromatic rings. The molecule has 2 heteroatoms. The molecule has 0 saturated heterocycles. The van der Waals surface area contributed by atoms with Crippen molar-refractivity contribution in [1.82, 2.24) is 0 Å². The van der Waals surface area contributed by atoms with Crippen LogP contribution in [0.2, 0.25) is 0 Å². The van der Waals surface area contributed by atoms with E-state index >= 15 is 0 Å². The van der Waals surface area contributed by atoms with Gasteiger partial charge in [0.1, 0.15) is 0 Å².